The van der Waals surface area contributed by atoms with E-state index >= 15 is 0 Å². The number of aryl methyl sites for hydroxylation is 2. The number of rotatable bonds is 10. The SMILES string of the molecule is CCCc1nn(-c2[c-]c(Oc3[c-]c4c(cc3)c3ccccc3n4-c3cc(CC)ccn3)cc(C(C)(C)C)c2)c(CCC)c1C1C(C)=CCC[C@@H]1C.[Pt+2]. The molecule has 52 heavy (non-hydrogen) atoms. The van der Waals surface area contributed by atoms with Crippen LogP contribution < -0.4 is 4.74 Å². The quantitative estimate of drug-likeness (QED) is 0.102. The first-order valence-electron chi connectivity index (χ1n) is 19.0. The number of benzene rings is 3. The van der Waals surface area contributed by atoms with Crippen LogP contribution in [-0.2, 0) is 45.7 Å². The van der Waals surface area contributed by atoms with Crippen LogP contribution in [0, 0.1) is 18.1 Å². The number of fused-ring (bicyclic) bond motifs is 3. The molecule has 0 N–H and O–H groups in total. The van der Waals surface area contributed by atoms with Crippen molar-refractivity contribution in [2.45, 2.75) is 112 Å². The fourth-order valence-electron chi connectivity index (χ4n) is 8.02. The first kappa shape index (κ1) is 37.8. The molecule has 3 aromatic carbocycles. The second-order valence-corrected chi connectivity index (χ2v) is 15.5. The normalized spacial score (nSPS) is 16.3. The Hall–Kier alpha value is -3.95. The van der Waals surface area contributed by atoms with Crippen LogP contribution >= 0.6 is 0 Å². The Bertz CT molecular complexity index is 2230. The number of para-hydroxylation sites is 1. The van der Waals surface area contributed by atoms with Gasteiger partial charge in [-0.3, -0.25) is 4.68 Å². The molecule has 0 aliphatic heterocycles. The van der Waals surface area contributed by atoms with E-state index in [1.54, 1.807) is 0 Å². The van der Waals surface area contributed by atoms with Crippen LogP contribution in [0.1, 0.15) is 115 Å². The van der Waals surface area contributed by atoms with Crippen LogP contribution in [0.4, 0.5) is 0 Å². The molecule has 1 aliphatic carbocycles. The summed E-state index contributed by atoms with van der Waals surface area (Å²) in [6, 6.07) is 28.7. The number of hydrogen-bond donors (Lipinski definition) is 0. The second-order valence-electron chi connectivity index (χ2n) is 15.5. The fraction of sp³-hybridized carbons (Fsp3) is 0.391. The van der Waals surface area contributed by atoms with Crippen molar-refractivity contribution in [3.05, 3.63) is 119 Å². The predicted molar refractivity (Wildman–Crippen MR) is 211 cm³/mol. The van der Waals surface area contributed by atoms with Crippen molar-refractivity contribution in [1.82, 2.24) is 19.3 Å². The van der Waals surface area contributed by atoms with E-state index in [1.165, 1.54) is 45.5 Å². The van der Waals surface area contributed by atoms with Gasteiger partial charge in [-0.1, -0.05) is 96.7 Å². The molecule has 272 valence electrons. The first-order valence-corrected chi connectivity index (χ1v) is 19.0. The molecule has 1 aliphatic rings. The molecule has 1 unspecified atom stereocenters. The molecule has 0 bridgehead atoms. The molecular weight excluding hydrogens is 820 g/mol. The van der Waals surface area contributed by atoms with E-state index in [9.17, 15) is 0 Å². The minimum Gasteiger partial charge on any atom is -0.509 e. The van der Waals surface area contributed by atoms with Crippen molar-refractivity contribution in [3.8, 4) is 23.0 Å². The number of aromatic nitrogens is 4. The maximum absolute atomic E-state index is 6.76. The molecule has 2 atom stereocenters. The molecule has 0 saturated carbocycles. The molecule has 0 spiro atoms. The van der Waals surface area contributed by atoms with Gasteiger partial charge in [-0.2, -0.15) is 11.2 Å². The van der Waals surface area contributed by atoms with E-state index in [2.05, 4.69) is 137 Å². The molecule has 0 amide bonds. The number of ether oxygens (including phenoxy) is 1. The minimum atomic E-state index is -0.109. The van der Waals surface area contributed by atoms with Crippen LogP contribution in [0.2, 0.25) is 0 Å². The summed E-state index contributed by atoms with van der Waals surface area (Å²) < 4.78 is 11.2. The summed E-state index contributed by atoms with van der Waals surface area (Å²) in [6.45, 7) is 18.2. The van der Waals surface area contributed by atoms with Gasteiger partial charge in [-0.05, 0) is 85.2 Å². The van der Waals surface area contributed by atoms with E-state index in [-0.39, 0.29) is 26.5 Å². The van der Waals surface area contributed by atoms with Crippen molar-refractivity contribution < 1.29 is 25.8 Å². The van der Waals surface area contributed by atoms with Crippen LogP contribution in [-0.4, -0.2) is 19.3 Å². The van der Waals surface area contributed by atoms with Gasteiger partial charge in [0.1, 0.15) is 5.82 Å². The number of pyridine rings is 1. The topological polar surface area (TPSA) is 44.9 Å². The average Bonchev–Trinajstić information content (AvgIpc) is 3.63. The number of nitrogens with zero attached hydrogens (tertiary/aromatic N) is 4. The molecule has 0 saturated heterocycles. The summed E-state index contributed by atoms with van der Waals surface area (Å²) in [5, 5.41) is 7.70. The van der Waals surface area contributed by atoms with Crippen LogP contribution in [0.5, 0.6) is 11.5 Å². The summed E-state index contributed by atoms with van der Waals surface area (Å²) in [7, 11) is 0. The maximum Gasteiger partial charge on any atom is 2.00 e. The van der Waals surface area contributed by atoms with Crippen molar-refractivity contribution >= 4 is 21.8 Å². The van der Waals surface area contributed by atoms with Crippen LogP contribution in [0.15, 0.2) is 78.5 Å². The number of hydrogen-bond acceptors (Lipinski definition) is 3. The Morgan fingerprint density at radius 3 is 2.42 bits per heavy atom. The predicted octanol–water partition coefficient (Wildman–Crippen LogP) is 12.0. The summed E-state index contributed by atoms with van der Waals surface area (Å²) in [6.07, 6.45) is 11.7. The molecule has 0 radical (unpaired) electrons. The van der Waals surface area contributed by atoms with Crippen LogP contribution in [0.25, 0.3) is 33.3 Å². The number of allylic oxidation sites excluding steroid dienone is 2. The zero-order valence-electron chi connectivity index (χ0n) is 32.0. The largest absolute Gasteiger partial charge is 2.00 e. The van der Waals surface area contributed by atoms with Gasteiger partial charge in [0.15, 0.2) is 0 Å². The van der Waals surface area contributed by atoms with Gasteiger partial charge in [0.05, 0.1) is 5.69 Å². The first-order chi connectivity index (χ1) is 24.6. The Balaban J connectivity index is 0.00000464. The van der Waals surface area contributed by atoms with Gasteiger partial charge in [-0.25, -0.2) is 4.98 Å². The van der Waals surface area contributed by atoms with Crippen LogP contribution in [0.3, 0.4) is 0 Å². The Kier molecular flexibility index (Phi) is 11.3. The minimum absolute atomic E-state index is 0. The molecule has 0 fully saturated rings. The average molecular weight is 872 g/mol. The van der Waals surface area contributed by atoms with E-state index in [0.717, 1.165) is 66.4 Å². The van der Waals surface area contributed by atoms with Gasteiger partial charge < -0.3 is 9.30 Å². The molecule has 3 heterocycles. The summed E-state index contributed by atoms with van der Waals surface area (Å²) in [4.78, 5) is 4.80. The van der Waals surface area contributed by atoms with Gasteiger partial charge in [0, 0.05) is 40.4 Å². The molecule has 7 rings (SSSR count). The van der Waals surface area contributed by atoms with Gasteiger partial charge >= 0.3 is 21.1 Å². The van der Waals surface area contributed by atoms with E-state index in [4.69, 9.17) is 14.8 Å². The Morgan fingerprint density at radius 2 is 1.69 bits per heavy atom. The third-order valence-corrected chi connectivity index (χ3v) is 10.7. The molecular formula is C46H52N4OPt. The zero-order chi connectivity index (χ0) is 35.9. The van der Waals surface area contributed by atoms with Crippen molar-refractivity contribution in [2.24, 2.45) is 5.92 Å². The summed E-state index contributed by atoms with van der Waals surface area (Å²) in [5.74, 6) is 3.18. The third-order valence-electron chi connectivity index (χ3n) is 10.7. The van der Waals surface area contributed by atoms with Crippen molar-refractivity contribution in [1.29, 1.82) is 0 Å². The fourth-order valence-corrected chi connectivity index (χ4v) is 8.02. The molecule has 6 aromatic rings. The van der Waals surface area contributed by atoms with Crippen molar-refractivity contribution in [2.75, 3.05) is 0 Å². The molecule has 6 heteroatoms. The van der Waals surface area contributed by atoms with E-state index < -0.39 is 0 Å². The monoisotopic (exact) mass is 871 g/mol. The summed E-state index contributed by atoms with van der Waals surface area (Å²) in [5.41, 5.74) is 10.8. The third kappa shape index (κ3) is 7.18. The van der Waals surface area contributed by atoms with Crippen molar-refractivity contribution in [3.63, 3.8) is 0 Å². The molecule has 5 nitrogen and oxygen atoms in total. The van der Waals surface area contributed by atoms with E-state index in [0.29, 0.717) is 23.3 Å². The smallest absolute Gasteiger partial charge is 0.509 e. The van der Waals surface area contributed by atoms with E-state index in [1.807, 2.05) is 12.3 Å². The Labute approximate surface area is 324 Å². The molecule has 3 aromatic heterocycles. The zero-order valence-corrected chi connectivity index (χ0v) is 34.3. The maximum atomic E-state index is 6.76. The van der Waals surface area contributed by atoms with Gasteiger partial charge in [-0.15, -0.1) is 41.3 Å². The second kappa shape index (κ2) is 15.6. The van der Waals surface area contributed by atoms with Gasteiger partial charge in [0.2, 0.25) is 0 Å². The van der Waals surface area contributed by atoms with Gasteiger partial charge in [0.25, 0.3) is 0 Å². The standard InChI is InChI=1S/C46H52N4O.Pt/c1-9-15-39-45(44-30(4)17-14-18-31(44)5)41(16-10-2)50(48-39)34-26-33(46(6,7)8)27-36(28-34)51-35-21-22-38-37-19-12-13-20-40(37)49(42(38)29-35)43-25-32(11-3)23-24-47-43;/h12-13,17,19-27,31,44H,9-11,14-16,18H2,1-8H3;/q-2;+2/t31-,44?;/m0./s1. The Morgan fingerprint density at radius 1 is 0.904 bits per heavy atom. The summed E-state index contributed by atoms with van der Waals surface area (Å²) >= 11 is 0.